The van der Waals surface area contributed by atoms with Gasteiger partial charge in [-0.2, -0.15) is 0 Å². The van der Waals surface area contributed by atoms with Gasteiger partial charge in [-0.15, -0.1) is 0 Å². The topological polar surface area (TPSA) is 110 Å². The van der Waals surface area contributed by atoms with Crippen LogP contribution < -0.4 is 5.32 Å². The van der Waals surface area contributed by atoms with Gasteiger partial charge in [0.05, 0.1) is 16.5 Å². The maximum atomic E-state index is 12.8. The number of carbonyl (C=O) groups excluding carboxylic acids is 2. The molecule has 4 rings (SSSR count). The van der Waals surface area contributed by atoms with Crippen molar-refractivity contribution in [2.45, 2.75) is 48.9 Å². The van der Waals surface area contributed by atoms with Gasteiger partial charge < -0.3 is 15.3 Å². The molecule has 1 aromatic carbocycles. The monoisotopic (exact) mass is 464 g/mol. The van der Waals surface area contributed by atoms with E-state index in [4.69, 9.17) is 0 Å². The predicted molar refractivity (Wildman–Crippen MR) is 119 cm³/mol. The third-order valence-electron chi connectivity index (χ3n) is 6.78. The van der Waals surface area contributed by atoms with E-state index in [1.165, 1.54) is 13.2 Å². The van der Waals surface area contributed by atoms with Crippen molar-refractivity contribution in [2.75, 3.05) is 45.5 Å². The first-order valence-electron chi connectivity index (χ1n) is 11.0. The number of amides is 2. The lowest BCUT2D eigenvalue weighted by molar-refractivity contribution is -0.151. The minimum atomic E-state index is -3.21. The van der Waals surface area contributed by atoms with Crippen LogP contribution in [0.5, 0.6) is 0 Å². The molecule has 176 valence electrons. The van der Waals surface area contributed by atoms with Crippen molar-refractivity contribution in [1.29, 1.82) is 0 Å². The molecular formula is C22H32N4O5S. The number of nitrogens with one attached hydrogen (secondary N) is 1. The summed E-state index contributed by atoms with van der Waals surface area (Å²) in [6.07, 6.45) is 1.78. The zero-order chi connectivity index (χ0) is 23.1. The Morgan fingerprint density at radius 2 is 1.84 bits per heavy atom. The molecule has 9 nitrogen and oxygen atoms in total. The van der Waals surface area contributed by atoms with E-state index in [1.807, 2.05) is 17.0 Å². The van der Waals surface area contributed by atoms with E-state index in [-0.39, 0.29) is 35.9 Å². The number of hydrogen-bond donors (Lipinski definition) is 2. The first kappa shape index (κ1) is 23.2. The molecule has 1 spiro atoms. The first-order chi connectivity index (χ1) is 15.1. The molecular weight excluding hydrogens is 432 g/mol. The lowest BCUT2D eigenvalue weighted by Gasteiger charge is -2.61. The molecule has 3 saturated heterocycles. The SMILES string of the molecule is CC(=O)NCCC(=O)N1CC2CC(O)CN2C2(CN(Cc3ccc(S(C)(=O)=O)cc3)C2)C1. The van der Waals surface area contributed by atoms with Crippen molar-refractivity contribution in [3.05, 3.63) is 29.8 Å². The van der Waals surface area contributed by atoms with Crippen LogP contribution in [0.15, 0.2) is 29.2 Å². The number of fused-ring (bicyclic) bond motifs is 2. The summed E-state index contributed by atoms with van der Waals surface area (Å²) in [6, 6.07) is 7.14. The predicted octanol–water partition coefficient (Wildman–Crippen LogP) is -0.552. The molecule has 3 aliphatic heterocycles. The van der Waals surface area contributed by atoms with E-state index in [9.17, 15) is 23.1 Å². The van der Waals surface area contributed by atoms with Crippen molar-refractivity contribution in [3.8, 4) is 0 Å². The minimum Gasteiger partial charge on any atom is -0.392 e. The molecule has 3 aliphatic rings. The molecule has 0 saturated carbocycles. The Hall–Kier alpha value is -2.01. The van der Waals surface area contributed by atoms with Crippen molar-refractivity contribution in [2.24, 2.45) is 0 Å². The van der Waals surface area contributed by atoms with Gasteiger partial charge in [0, 0.05) is 71.5 Å². The van der Waals surface area contributed by atoms with Crippen LogP contribution in [-0.4, -0.2) is 103 Å². The summed E-state index contributed by atoms with van der Waals surface area (Å²) >= 11 is 0. The number of aliphatic hydroxyl groups is 1. The minimum absolute atomic E-state index is 0.0361. The molecule has 32 heavy (non-hydrogen) atoms. The molecule has 3 fully saturated rings. The second-order valence-corrected chi connectivity index (χ2v) is 11.5. The summed E-state index contributed by atoms with van der Waals surface area (Å²) in [7, 11) is -3.21. The number of nitrogens with zero attached hydrogens (tertiary/aromatic N) is 3. The number of aliphatic hydroxyl groups excluding tert-OH is 1. The molecule has 2 amide bonds. The van der Waals surface area contributed by atoms with Gasteiger partial charge in [-0.25, -0.2) is 8.42 Å². The third-order valence-corrected chi connectivity index (χ3v) is 7.91. The van der Waals surface area contributed by atoms with E-state index in [0.29, 0.717) is 44.0 Å². The lowest BCUT2D eigenvalue weighted by Crippen LogP contribution is -2.78. The van der Waals surface area contributed by atoms with E-state index >= 15 is 0 Å². The molecule has 10 heteroatoms. The molecule has 3 heterocycles. The number of β-amino-alcohol motifs (C(OH)–C–C–N with tert-alkyl or cyclic N) is 1. The highest BCUT2D eigenvalue weighted by molar-refractivity contribution is 7.90. The molecule has 0 bridgehead atoms. The van der Waals surface area contributed by atoms with Crippen molar-refractivity contribution in [1.82, 2.24) is 20.0 Å². The van der Waals surface area contributed by atoms with Gasteiger partial charge in [-0.1, -0.05) is 12.1 Å². The Bertz CT molecular complexity index is 975. The fraction of sp³-hybridized carbons (Fsp3) is 0.636. The summed E-state index contributed by atoms with van der Waals surface area (Å²) in [5.41, 5.74) is 0.876. The average molecular weight is 465 g/mol. The van der Waals surface area contributed by atoms with Gasteiger partial charge in [0.15, 0.2) is 9.84 Å². The second-order valence-electron chi connectivity index (χ2n) is 9.49. The van der Waals surface area contributed by atoms with E-state index in [2.05, 4.69) is 15.1 Å². The maximum absolute atomic E-state index is 12.8. The quantitative estimate of drug-likeness (QED) is 0.581. The van der Waals surface area contributed by atoms with Crippen LogP contribution in [0.2, 0.25) is 0 Å². The highest BCUT2D eigenvalue weighted by Crippen LogP contribution is 2.39. The van der Waals surface area contributed by atoms with Crippen LogP contribution >= 0.6 is 0 Å². The Balaban J connectivity index is 1.40. The van der Waals surface area contributed by atoms with E-state index in [0.717, 1.165) is 18.7 Å². The number of carbonyl (C=O) groups is 2. The number of piperazine rings is 1. The third kappa shape index (κ3) is 4.83. The summed E-state index contributed by atoms with van der Waals surface area (Å²) < 4.78 is 23.3. The van der Waals surface area contributed by atoms with Crippen LogP contribution in [-0.2, 0) is 26.0 Å². The van der Waals surface area contributed by atoms with Gasteiger partial charge in [0.25, 0.3) is 0 Å². The van der Waals surface area contributed by atoms with Crippen LogP contribution in [0.3, 0.4) is 0 Å². The second kappa shape index (κ2) is 8.74. The van der Waals surface area contributed by atoms with Gasteiger partial charge in [-0.3, -0.25) is 19.4 Å². The molecule has 0 radical (unpaired) electrons. The number of benzene rings is 1. The van der Waals surface area contributed by atoms with Crippen LogP contribution in [0.25, 0.3) is 0 Å². The molecule has 2 N–H and O–H groups in total. The fourth-order valence-corrected chi connectivity index (χ4v) is 6.01. The summed E-state index contributed by atoms with van der Waals surface area (Å²) in [4.78, 5) is 30.8. The van der Waals surface area contributed by atoms with Crippen molar-refractivity contribution < 1.29 is 23.1 Å². The van der Waals surface area contributed by atoms with Gasteiger partial charge >= 0.3 is 0 Å². The van der Waals surface area contributed by atoms with Crippen LogP contribution in [0.1, 0.15) is 25.3 Å². The number of rotatable bonds is 6. The molecule has 0 aliphatic carbocycles. The van der Waals surface area contributed by atoms with Gasteiger partial charge in [0.2, 0.25) is 11.8 Å². The molecule has 1 aromatic rings. The van der Waals surface area contributed by atoms with Gasteiger partial charge in [-0.05, 0) is 24.1 Å². The van der Waals surface area contributed by atoms with Crippen LogP contribution in [0, 0.1) is 0 Å². The highest BCUT2D eigenvalue weighted by Gasteiger charge is 2.56. The van der Waals surface area contributed by atoms with Crippen molar-refractivity contribution >= 4 is 21.7 Å². The Labute approximate surface area is 189 Å². The van der Waals surface area contributed by atoms with Crippen LogP contribution in [0.4, 0.5) is 0 Å². The summed E-state index contributed by atoms with van der Waals surface area (Å²) in [5.74, 6) is -0.105. The largest absolute Gasteiger partial charge is 0.392 e. The van der Waals surface area contributed by atoms with Crippen molar-refractivity contribution in [3.63, 3.8) is 0 Å². The van der Waals surface area contributed by atoms with E-state index < -0.39 is 9.84 Å². The van der Waals surface area contributed by atoms with Gasteiger partial charge in [0.1, 0.15) is 0 Å². The average Bonchev–Trinajstić information content (AvgIpc) is 3.06. The Morgan fingerprint density at radius 3 is 2.47 bits per heavy atom. The normalized spacial score (nSPS) is 25.4. The number of hydrogen-bond acceptors (Lipinski definition) is 7. The standard InChI is InChI=1S/C22H32N4O5S/c1-16(27)23-8-7-21(29)25-11-18-9-19(28)12-26(18)22(15-25)13-24(14-22)10-17-3-5-20(6-4-17)32(2,30)31/h3-6,18-19,28H,7-15H2,1-2H3,(H,23,27). The Morgan fingerprint density at radius 1 is 1.16 bits per heavy atom. The first-order valence-corrected chi connectivity index (χ1v) is 12.9. The van der Waals surface area contributed by atoms with E-state index in [1.54, 1.807) is 12.1 Å². The Kier molecular flexibility index (Phi) is 6.32. The number of sulfone groups is 1. The summed E-state index contributed by atoms with van der Waals surface area (Å²) in [5, 5.41) is 13.0. The molecule has 0 aromatic heterocycles. The fourth-order valence-electron chi connectivity index (χ4n) is 5.38. The number of likely N-dealkylation sites (tertiary alicyclic amines) is 1. The molecule has 2 atom stereocenters. The smallest absolute Gasteiger partial charge is 0.224 e. The maximum Gasteiger partial charge on any atom is 0.224 e. The molecule has 2 unspecified atom stereocenters. The lowest BCUT2D eigenvalue weighted by atomic mass is 9.83. The highest BCUT2D eigenvalue weighted by atomic mass is 32.2. The zero-order valence-corrected chi connectivity index (χ0v) is 19.5. The zero-order valence-electron chi connectivity index (χ0n) is 18.7. The summed E-state index contributed by atoms with van der Waals surface area (Å²) in [6.45, 7) is 5.95.